The summed E-state index contributed by atoms with van der Waals surface area (Å²) in [6, 6.07) is 21.8. The molecule has 0 fully saturated rings. The fraction of sp³-hybridized carbons (Fsp3) is 0.0833. The van der Waals surface area contributed by atoms with Crippen LogP contribution < -0.4 is 15.4 Å². The Morgan fingerprint density at radius 3 is 2.38 bits per heavy atom. The first-order valence-electron chi connectivity index (χ1n) is 9.15. The van der Waals surface area contributed by atoms with E-state index in [-0.39, 0.29) is 11.8 Å². The Balaban J connectivity index is 1.60. The van der Waals surface area contributed by atoms with E-state index in [4.69, 9.17) is 4.74 Å². The number of amides is 2. The third kappa shape index (κ3) is 5.56. The minimum Gasteiger partial charge on any atom is -0.495 e. The molecule has 0 bridgehead atoms. The van der Waals surface area contributed by atoms with E-state index in [9.17, 15) is 9.59 Å². The highest BCUT2D eigenvalue weighted by Gasteiger charge is 2.09. The van der Waals surface area contributed by atoms with Crippen LogP contribution in [0.3, 0.4) is 0 Å². The zero-order valence-corrected chi connectivity index (χ0v) is 16.3. The number of hydrogen-bond donors (Lipinski definition) is 2. The zero-order chi connectivity index (χ0) is 20.6. The molecule has 5 heteroatoms. The maximum Gasteiger partial charge on any atom is 0.255 e. The minimum atomic E-state index is -0.258. The van der Waals surface area contributed by atoms with Crippen molar-refractivity contribution >= 4 is 29.3 Å². The van der Waals surface area contributed by atoms with Crippen LogP contribution in [0.4, 0.5) is 11.4 Å². The molecule has 0 heterocycles. The van der Waals surface area contributed by atoms with E-state index in [0.29, 0.717) is 22.7 Å². The highest BCUT2D eigenvalue weighted by atomic mass is 16.5. The van der Waals surface area contributed by atoms with E-state index in [1.54, 1.807) is 49.6 Å². The second-order valence-electron chi connectivity index (χ2n) is 6.47. The van der Waals surface area contributed by atoms with Crippen LogP contribution in [0.1, 0.15) is 21.5 Å². The lowest BCUT2D eigenvalue weighted by molar-refractivity contribution is -0.111. The van der Waals surface area contributed by atoms with Gasteiger partial charge in [-0.05, 0) is 55.0 Å². The van der Waals surface area contributed by atoms with E-state index < -0.39 is 0 Å². The molecule has 0 atom stereocenters. The van der Waals surface area contributed by atoms with Gasteiger partial charge < -0.3 is 15.4 Å². The Kier molecular flexibility index (Phi) is 6.43. The fourth-order valence-corrected chi connectivity index (χ4v) is 2.78. The number of ether oxygens (including phenoxy) is 1. The highest BCUT2D eigenvalue weighted by Crippen LogP contribution is 2.23. The third-order valence-corrected chi connectivity index (χ3v) is 4.24. The summed E-state index contributed by atoms with van der Waals surface area (Å²) < 4.78 is 5.24. The number of para-hydroxylation sites is 2. The quantitative estimate of drug-likeness (QED) is 0.592. The van der Waals surface area contributed by atoms with E-state index in [0.717, 1.165) is 11.1 Å². The molecule has 3 rings (SSSR count). The molecule has 5 nitrogen and oxygen atoms in total. The number of carbonyl (C=O) groups excluding carboxylic acids is 2. The van der Waals surface area contributed by atoms with E-state index in [1.165, 1.54) is 6.08 Å². The van der Waals surface area contributed by atoms with Crippen LogP contribution in [-0.2, 0) is 4.79 Å². The zero-order valence-electron chi connectivity index (χ0n) is 16.3. The Morgan fingerprint density at radius 2 is 1.66 bits per heavy atom. The lowest BCUT2D eigenvalue weighted by Crippen LogP contribution is -2.13. The normalized spacial score (nSPS) is 10.6. The maximum atomic E-state index is 12.4. The second-order valence-corrected chi connectivity index (χ2v) is 6.47. The molecule has 0 unspecified atom stereocenters. The summed E-state index contributed by atoms with van der Waals surface area (Å²) in [4.78, 5) is 24.5. The molecule has 0 aliphatic rings. The lowest BCUT2D eigenvalue weighted by Gasteiger charge is -2.10. The lowest BCUT2D eigenvalue weighted by atomic mass is 10.1. The van der Waals surface area contributed by atoms with Crippen LogP contribution in [0.15, 0.2) is 78.9 Å². The van der Waals surface area contributed by atoms with E-state index >= 15 is 0 Å². The number of methoxy groups -OCH3 is 1. The van der Waals surface area contributed by atoms with Gasteiger partial charge in [-0.3, -0.25) is 9.59 Å². The number of benzene rings is 3. The Hall–Kier alpha value is -3.86. The van der Waals surface area contributed by atoms with Crippen molar-refractivity contribution in [3.63, 3.8) is 0 Å². The van der Waals surface area contributed by atoms with Crippen molar-refractivity contribution < 1.29 is 14.3 Å². The molecule has 0 spiro atoms. The van der Waals surface area contributed by atoms with Crippen molar-refractivity contribution in [3.8, 4) is 5.75 Å². The largest absolute Gasteiger partial charge is 0.495 e. The first-order valence-corrected chi connectivity index (χ1v) is 9.15. The summed E-state index contributed by atoms with van der Waals surface area (Å²) in [5.74, 6) is 0.0922. The van der Waals surface area contributed by atoms with Gasteiger partial charge in [-0.1, -0.05) is 42.0 Å². The van der Waals surface area contributed by atoms with Crippen molar-refractivity contribution in [1.29, 1.82) is 0 Å². The van der Waals surface area contributed by atoms with Crippen molar-refractivity contribution in [2.24, 2.45) is 0 Å². The Morgan fingerprint density at radius 1 is 0.897 bits per heavy atom. The van der Waals surface area contributed by atoms with Gasteiger partial charge in [0, 0.05) is 17.3 Å². The summed E-state index contributed by atoms with van der Waals surface area (Å²) in [6.45, 7) is 2.00. The van der Waals surface area contributed by atoms with Crippen LogP contribution in [0.5, 0.6) is 5.75 Å². The van der Waals surface area contributed by atoms with Crippen LogP contribution in [0.2, 0.25) is 0 Å². The molecule has 0 radical (unpaired) electrons. The molecule has 0 saturated carbocycles. The number of nitrogens with one attached hydrogen (secondary N) is 2. The number of aryl methyl sites for hydroxylation is 1. The molecular weight excluding hydrogens is 364 g/mol. The topological polar surface area (TPSA) is 67.4 Å². The number of hydrogen-bond acceptors (Lipinski definition) is 3. The van der Waals surface area contributed by atoms with Gasteiger partial charge in [0.25, 0.3) is 5.91 Å². The summed E-state index contributed by atoms with van der Waals surface area (Å²) in [5.41, 5.74) is 3.78. The molecule has 0 aliphatic carbocycles. The minimum absolute atomic E-state index is 0.238. The van der Waals surface area contributed by atoms with Crippen molar-refractivity contribution in [1.82, 2.24) is 0 Å². The number of rotatable bonds is 6. The molecule has 3 aromatic rings. The molecule has 2 amide bonds. The van der Waals surface area contributed by atoms with Crippen LogP contribution in [-0.4, -0.2) is 18.9 Å². The van der Waals surface area contributed by atoms with Crippen molar-refractivity contribution in [2.75, 3.05) is 17.7 Å². The Labute approximate surface area is 170 Å². The first-order chi connectivity index (χ1) is 14.0. The SMILES string of the molecule is COc1ccccc1NC(=O)c1ccc(NC(=O)/C=C/c2cccc(C)c2)cc1. The van der Waals surface area contributed by atoms with Crippen molar-refractivity contribution in [3.05, 3.63) is 95.6 Å². The molecule has 0 saturated heterocycles. The van der Waals surface area contributed by atoms with Gasteiger partial charge in [-0.2, -0.15) is 0 Å². The predicted molar refractivity (Wildman–Crippen MR) is 116 cm³/mol. The number of carbonyl (C=O) groups is 2. The van der Waals surface area contributed by atoms with Crippen LogP contribution >= 0.6 is 0 Å². The summed E-state index contributed by atoms with van der Waals surface area (Å²) in [5, 5.41) is 5.60. The summed E-state index contributed by atoms with van der Waals surface area (Å²) in [6.07, 6.45) is 3.24. The van der Waals surface area contributed by atoms with Gasteiger partial charge in [0.2, 0.25) is 5.91 Å². The monoisotopic (exact) mass is 386 g/mol. The molecule has 146 valence electrons. The van der Waals surface area contributed by atoms with Gasteiger partial charge in [0.15, 0.2) is 0 Å². The van der Waals surface area contributed by atoms with Gasteiger partial charge in [-0.15, -0.1) is 0 Å². The third-order valence-electron chi connectivity index (χ3n) is 4.24. The van der Waals surface area contributed by atoms with Crippen LogP contribution in [0, 0.1) is 6.92 Å². The maximum absolute atomic E-state index is 12.4. The van der Waals surface area contributed by atoms with Crippen molar-refractivity contribution in [2.45, 2.75) is 6.92 Å². The van der Waals surface area contributed by atoms with Gasteiger partial charge in [0.05, 0.1) is 12.8 Å². The second kappa shape index (κ2) is 9.37. The number of anilines is 2. The smallest absolute Gasteiger partial charge is 0.255 e. The molecule has 29 heavy (non-hydrogen) atoms. The summed E-state index contributed by atoms with van der Waals surface area (Å²) in [7, 11) is 1.55. The predicted octanol–water partition coefficient (Wildman–Crippen LogP) is 4.91. The van der Waals surface area contributed by atoms with Gasteiger partial charge in [0.1, 0.15) is 5.75 Å². The fourth-order valence-electron chi connectivity index (χ4n) is 2.78. The average molecular weight is 386 g/mol. The van der Waals surface area contributed by atoms with Gasteiger partial charge >= 0.3 is 0 Å². The van der Waals surface area contributed by atoms with E-state index in [2.05, 4.69) is 10.6 Å². The molecular formula is C24H22N2O3. The average Bonchev–Trinajstić information content (AvgIpc) is 2.73. The molecule has 0 aliphatic heterocycles. The molecule has 2 N–H and O–H groups in total. The highest BCUT2D eigenvalue weighted by molar-refractivity contribution is 6.06. The van der Waals surface area contributed by atoms with Gasteiger partial charge in [-0.25, -0.2) is 0 Å². The van der Waals surface area contributed by atoms with E-state index in [1.807, 2.05) is 43.3 Å². The molecule has 0 aromatic heterocycles. The summed E-state index contributed by atoms with van der Waals surface area (Å²) >= 11 is 0. The molecule has 3 aromatic carbocycles. The van der Waals surface area contributed by atoms with Crippen LogP contribution in [0.25, 0.3) is 6.08 Å². The standard InChI is InChI=1S/C24H22N2O3/c1-17-6-5-7-18(16-17)10-15-23(27)25-20-13-11-19(12-14-20)24(28)26-21-8-3-4-9-22(21)29-2/h3-16H,1-2H3,(H,25,27)(H,26,28)/b15-10+. The Bertz CT molecular complexity index is 1040. The first kappa shape index (κ1) is 19.9.